The molecular weight excluding hydrogens is 365 g/mol. The molecule has 0 spiro atoms. The molecule has 0 aliphatic carbocycles. The predicted octanol–water partition coefficient (Wildman–Crippen LogP) is 3.45. The summed E-state index contributed by atoms with van der Waals surface area (Å²) in [6.07, 6.45) is 1.75. The Kier molecular flexibility index (Phi) is 3.96. The Labute approximate surface area is 130 Å². The van der Waals surface area contributed by atoms with Crippen LogP contribution in [0.1, 0.15) is 5.56 Å². The SMILES string of the molecule is Ic1cc(OCc2ccccc2)nn1-c1ccccn1. The highest BCUT2D eigenvalue weighted by molar-refractivity contribution is 14.1. The standard InChI is InChI=1S/C15H12IN3O/c16-13-10-15(20-11-12-6-2-1-3-7-12)18-19(13)14-8-4-5-9-17-14/h1-10H,11H2. The Morgan fingerprint density at radius 3 is 2.60 bits per heavy atom. The Bertz CT molecular complexity index is 683. The van der Waals surface area contributed by atoms with E-state index in [1.54, 1.807) is 10.9 Å². The minimum atomic E-state index is 0.510. The van der Waals surface area contributed by atoms with Gasteiger partial charge in [0, 0.05) is 12.3 Å². The van der Waals surface area contributed by atoms with Gasteiger partial charge >= 0.3 is 0 Å². The van der Waals surface area contributed by atoms with E-state index in [1.807, 2.05) is 54.6 Å². The number of nitrogens with zero attached hydrogens (tertiary/aromatic N) is 3. The second-order valence-corrected chi connectivity index (χ2v) is 5.28. The molecule has 0 aliphatic heterocycles. The van der Waals surface area contributed by atoms with E-state index in [-0.39, 0.29) is 0 Å². The Hall–Kier alpha value is -1.89. The number of rotatable bonds is 4. The van der Waals surface area contributed by atoms with Gasteiger partial charge in [-0.15, -0.1) is 5.10 Å². The molecule has 0 saturated heterocycles. The highest BCUT2D eigenvalue weighted by atomic mass is 127. The minimum absolute atomic E-state index is 0.510. The average molecular weight is 377 g/mol. The molecule has 1 aromatic carbocycles. The number of halogens is 1. The Morgan fingerprint density at radius 1 is 1.05 bits per heavy atom. The summed E-state index contributed by atoms with van der Waals surface area (Å²) in [5.41, 5.74) is 1.12. The fraction of sp³-hybridized carbons (Fsp3) is 0.0667. The predicted molar refractivity (Wildman–Crippen MR) is 84.9 cm³/mol. The van der Waals surface area contributed by atoms with Gasteiger partial charge in [-0.05, 0) is 40.3 Å². The third-order valence-electron chi connectivity index (χ3n) is 2.74. The van der Waals surface area contributed by atoms with E-state index in [0.717, 1.165) is 15.1 Å². The summed E-state index contributed by atoms with van der Waals surface area (Å²) in [4.78, 5) is 4.28. The van der Waals surface area contributed by atoms with E-state index in [4.69, 9.17) is 4.74 Å². The fourth-order valence-electron chi connectivity index (χ4n) is 1.78. The number of benzene rings is 1. The van der Waals surface area contributed by atoms with E-state index >= 15 is 0 Å². The van der Waals surface area contributed by atoms with Crippen molar-refractivity contribution in [2.24, 2.45) is 0 Å². The smallest absolute Gasteiger partial charge is 0.234 e. The van der Waals surface area contributed by atoms with E-state index < -0.39 is 0 Å². The lowest BCUT2D eigenvalue weighted by atomic mass is 10.2. The van der Waals surface area contributed by atoms with E-state index in [1.165, 1.54) is 0 Å². The highest BCUT2D eigenvalue weighted by Gasteiger charge is 2.08. The number of ether oxygens (including phenoxy) is 1. The maximum Gasteiger partial charge on any atom is 0.234 e. The van der Waals surface area contributed by atoms with Crippen molar-refractivity contribution in [3.8, 4) is 11.7 Å². The van der Waals surface area contributed by atoms with Crippen LogP contribution in [0.5, 0.6) is 5.88 Å². The van der Waals surface area contributed by atoms with Crippen LogP contribution in [0.15, 0.2) is 60.8 Å². The summed E-state index contributed by atoms with van der Waals surface area (Å²) in [6, 6.07) is 17.7. The topological polar surface area (TPSA) is 39.9 Å². The molecule has 0 amide bonds. The zero-order valence-corrected chi connectivity index (χ0v) is 12.8. The second kappa shape index (κ2) is 6.04. The Morgan fingerprint density at radius 2 is 1.85 bits per heavy atom. The van der Waals surface area contributed by atoms with Crippen LogP contribution >= 0.6 is 22.6 Å². The normalized spacial score (nSPS) is 10.4. The van der Waals surface area contributed by atoms with Gasteiger partial charge in [0.2, 0.25) is 5.88 Å². The van der Waals surface area contributed by atoms with Crippen LogP contribution in [0.2, 0.25) is 0 Å². The van der Waals surface area contributed by atoms with Crippen LogP contribution in [0.4, 0.5) is 0 Å². The molecule has 100 valence electrons. The monoisotopic (exact) mass is 377 g/mol. The molecule has 0 saturated carbocycles. The van der Waals surface area contributed by atoms with Gasteiger partial charge in [-0.25, -0.2) is 9.67 Å². The van der Waals surface area contributed by atoms with Crippen molar-refractivity contribution in [3.63, 3.8) is 0 Å². The van der Waals surface area contributed by atoms with Crippen LogP contribution in [-0.4, -0.2) is 14.8 Å². The first-order chi connectivity index (χ1) is 9.83. The van der Waals surface area contributed by atoms with Gasteiger partial charge in [0.05, 0.1) is 0 Å². The molecule has 4 nitrogen and oxygen atoms in total. The van der Waals surface area contributed by atoms with Gasteiger partial charge in [-0.3, -0.25) is 0 Å². The molecular formula is C15H12IN3O. The van der Waals surface area contributed by atoms with Crippen molar-refractivity contribution in [2.45, 2.75) is 6.61 Å². The van der Waals surface area contributed by atoms with Gasteiger partial charge in [0.15, 0.2) is 5.82 Å². The second-order valence-electron chi connectivity index (χ2n) is 4.18. The van der Waals surface area contributed by atoms with Gasteiger partial charge in [0.1, 0.15) is 10.3 Å². The quantitative estimate of drug-likeness (QED) is 0.654. The van der Waals surface area contributed by atoms with Crippen molar-refractivity contribution < 1.29 is 4.74 Å². The molecule has 0 radical (unpaired) electrons. The van der Waals surface area contributed by atoms with E-state index in [0.29, 0.717) is 12.5 Å². The van der Waals surface area contributed by atoms with Gasteiger partial charge in [-0.1, -0.05) is 36.4 Å². The summed E-state index contributed by atoms with van der Waals surface area (Å²) >= 11 is 2.22. The zero-order chi connectivity index (χ0) is 13.8. The largest absolute Gasteiger partial charge is 0.472 e. The van der Waals surface area contributed by atoms with Gasteiger partial charge in [0.25, 0.3) is 0 Å². The van der Waals surface area contributed by atoms with Crippen LogP contribution in [0.3, 0.4) is 0 Å². The number of aromatic nitrogens is 3. The molecule has 5 heteroatoms. The molecule has 3 aromatic rings. The van der Waals surface area contributed by atoms with Gasteiger partial charge < -0.3 is 4.74 Å². The molecule has 0 fully saturated rings. The molecule has 3 rings (SSSR count). The first kappa shape index (κ1) is 13.1. The summed E-state index contributed by atoms with van der Waals surface area (Å²) in [6.45, 7) is 0.510. The lowest BCUT2D eigenvalue weighted by molar-refractivity contribution is 0.292. The average Bonchev–Trinajstić information content (AvgIpc) is 2.88. The first-order valence-corrected chi connectivity index (χ1v) is 7.24. The molecule has 2 aromatic heterocycles. The fourth-order valence-corrected chi connectivity index (χ4v) is 2.40. The van der Waals surface area contributed by atoms with Crippen molar-refractivity contribution >= 4 is 22.6 Å². The molecule has 2 heterocycles. The van der Waals surface area contributed by atoms with Crippen molar-refractivity contribution in [1.82, 2.24) is 14.8 Å². The summed E-state index contributed by atoms with van der Waals surface area (Å²) < 4.78 is 8.44. The van der Waals surface area contributed by atoms with Crippen molar-refractivity contribution in [1.29, 1.82) is 0 Å². The maximum absolute atomic E-state index is 5.71. The van der Waals surface area contributed by atoms with Crippen molar-refractivity contribution in [2.75, 3.05) is 0 Å². The molecule has 0 aliphatic rings. The summed E-state index contributed by atoms with van der Waals surface area (Å²) in [7, 11) is 0. The lowest BCUT2D eigenvalue weighted by Crippen LogP contribution is -2.01. The zero-order valence-electron chi connectivity index (χ0n) is 10.6. The van der Waals surface area contributed by atoms with E-state index in [9.17, 15) is 0 Å². The van der Waals surface area contributed by atoms with E-state index in [2.05, 4.69) is 32.7 Å². The molecule has 0 N–H and O–H groups in total. The lowest BCUT2D eigenvalue weighted by Gasteiger charge is -2.02. The summed E-state index contributed by atoms with van der Waals surface area (Å²) in [5.74, 6) is 1.38. The molecule has 20 heavy (non-hydrogen) atoms. The van der Waals surface area contributed by atoms with Crippen LogP contribution in [0, 0.1) is 3.70 Å². The van der Waals surface area contributed by atoms with Crippen LogP contribution in [-0.2, 0) is 6.61 Å². The summed E-state index contributed by atoms with van der Waals surface area (Å²) in [5, 5.41) is 4.42. The number of hydrogen-bond acceptors (Lipinski definition) is 3. The van der Waals surface area contributed by atoms with Crippen LogP contribution < -0.4 is 4.74 Å². The van der Waals surface area contributed by atoms with Crippen LogP contribution in [0.25, 0.3) is 5.82 Å². The molecule has 0 bridgehead atoms. The van der Waals surface area contributed by atoms with Gasteiger partial charge in [-0.2, -0.15) is 0 Å². The number of pyridine rings is 1. The number of hydrogen-bond donors (Lipinski definition) is 0. The molecule has 0 unspecified atom stereocenters. The third kappa shape index (κ3) is 2.98. The first-order valence-electron chi connectivity index (χ1n) is 6.16. The molecule has 0 atom stereocenters. The van der Waals surface area contributed by atoms with Crippen molar-refractivity contribution in [3.05, 3.63) is 70.1 Å². The third-order valence-corrected chi connectivity index (χ3v) is 3.51. The minimum Gasteiger partial charge on any atom is -0.472 e. The maximum atomic E-state index is 5.71. The Balaban J connectivity index is 1.76. The highest BCUT2D eigenvalue weighted by Crippen LogP contribution is 2.18.